The molecule has 36 heavy (non-hydrogen) atoms. The fourth-order valence-electron chi connectivity index (χ4n) is 5.27. The van der Waals surface area contributed by atoms with E-state index in [-0.39, 0.29) is 17.2 Å². The number of anilines is 1. The van der Waals surface area contributed by atoms with E-state index in [0.29, 0.717) is 26.1 Å². The second-order valence-corrected chi connectivity index (χ2v) is 10.9. The number of fused-ring (bicyclic) bond motifs is 1. The molecule has 0 saturated carbocycles. The van der Waals surface area contributed by atoms with Crippen molar-refractivity contribution in [3.63, 3.8) is 0 Å². The van der Waals surface area contributed by atoms with Gasteiger partial charge in [0.1, 0.15) is 18.2 Å². The summed E-state index contributed by atoms with van der Waals surface area (Å²) in [5, 5.41) is 0. The van der Waals surface area contributed by atoms with Gasteiger partial charge in [-0.15, -0.1) is 0 Å². The number of hydrogen-bond acceptors (Lipinski definition) is 3. The minimum atomic E-state index is 0.0370. The normalized spacial score (nSPS) is 16.2. The van der Waals surface area contributed by atoms with Crippen molar-refractivity contribution in [3.8, 4) is 5.75 Å². The second kappa shape index (κ2) is 9.45. The quantitative estimate of drug-likeness (QED) is 0.314. The molecular formula is C31H35N3O2. The van der Waals surface area contributed by atoms with Gasteiger partial charge in [-0.2, -0.15) is 0 Å². The van der Waals surface area contributed by atoms with E-state index in [1.54, 1.807) is 0 Å². The van der Waals surface area contributed by atoms with Crippen molar-refractivity contribution >= 4 is 22.6 Å². The van der Waals surface area contributed by atoms with Gasteiger partial charge in [-0.3, -0.25) is 4.79 Å². The Balaban J connectivity index is 1.38. The lowest BCUT2D eigenvalue weighted by atomic mass is 9.87. The molecule has 1 aliphatic rings. The summed E-state index contributed by atoms with van der Waals surface area (Å²) >= 11 is 0. The summed E-state index contributed by atoms with van der Waals surface area (Å²) in [7, 11) is 0. The topological polar surface area (TPSA) is 47.4 Å². The number of carbonyl (C=O) groups excluding carboxylic acids is 1. The number of benzene rings is 3. The van der Waals surface area contributed by atoms with E-state index in [9.17, 15) is 4.79 Å². The molecule has 0 radical (unpaired) electrons. The van der Waals surface area contributed by atoms with E-state index in [2.05, 4.69) is 69.5 Å². The van der Waals surface area contributed by atoms with Gasteiger partial charge >= 0.3 is 0 Å². The molecule has 5 rings (SSSR count). The van der Waals surface area contributed by atoms with Crippen molar-refractivity contribution in [1.29, 1.82) is 0 Å². The third-order valence-corrected chi connectivity index (χ3v) is 7.19. The Morgan fingerprint density at radius 2 is 1.64 bits per heavy atom. The Hall–Kier alpha value is -3.60. The van der Waals surface area contributed by atoms with Crippen molar-refractivity contribution in [2.24, 2.45) is 0 Å². The van der Waals surface area contributed by atoms with Gasteiger partial charge in [0.15, 0.2) is 0 Å². The number of aromatic nitrogens is 2. The molecule has 1 aromatic heterocycles. The molecule has 1 unspecified atom stereocenters. The first-order valence-electron chi connectivity index (χ1n) is 12.8. The van der Waals surface area contributed by atoms with Crippen LogP contribution in [0.2, 0.25) is 0 Å². The maximum absolute atomic E-state index is 13.2. The lowest BCUT2D eigenvalue weighted by Gasteiger charge is -2.21. The Morgan fingerprint density at radius 3 is 2.33 bits per heavy atom. The molecule has 1 aliphatic heterocycles. The van der Waals surface area contributed by atoms with Gasteiger partial charge in [-0.25, -0.2) is 4.98 Å². The molecule has 5 nitrogen and oxygen atoms in total. The fraction of sp³-hybridized carbons (Fsp3) is 0.355. The van der Waals surface area contributed by atoms with Crippen LogP contribution in [0.25, 0.3) is 11.0 Å². The van der Waals surface area contributed by atoms with Crippen LogP contribution >= 0.6 is 0 Å². The minimum absolute atomic E-state index is 0.0370. The van der Waals surface area contributed by atoms with Crippen LogP contribution in [0.4, 0.5) is 5.69 Å². The van der Waals surface area contributed by atoms with Crippen molar-refractivity contribution in [2.45, 2.75) is 58.9 Å². The van der Waals surface area contributed by atoms with Crippen LogP contribution in [0, 0.1) is 13.8 Å². The highest BCUT2D eigenvalue weighted by Crippen LogP contribution is 2.36. The number of rotatable bonds is 6. The van der Waals surface area contributed by atoms with E-state index in [4.69, 9.17) is 9.72 Å². The first-order valence-corrected chi connectivity index (χ1v) is 12.8. The molecule has 3 aromatic carbocycles. The zero-order chi connectivity index (χ0) is 25.4. The Kier molecular flexibility index (Phi) is 6.33. The number of para-hydroxylation sites is 3. The smallest absolute Gasteiger partial charge is 0.227 e. The van der Waals surface area contributed by atoms with Crippen molar-refractivity contribution in [1.82, 2.24) is 9.55 Å². The summed E-state index contributed by atoms with van der Waals surface area (Å²) in [5.74, 6) is 2.03. The summed E-state index contributed by atoms with van der Waals surface area (Å²) in [6, 6.07) is 22.8. The Morgan fingerprint density at radius 1 is 0.944 bits per heavy atom. The molecule has 1 amide bonds. The predicted molar refractivity (Wildman–Crippen MR) is 146 cm³/mol. The lowest BCUT2D eigenvalue weighted by molar-refractivity contribution is -0.117. The largest absolute Gasteiger partial charge is 0.492 e. The van der Waals surface area contributed by atoms with E-state index < -0.39 is 0 Å². The van der Waals surface area contributed by atoms with E-state index >= 15 is 0 Å². The van der Waals surface area contributed by atoms with Gasteiger partial charge < -0.3 is 14.2 Å². The van der Waals surface area contributed by atoms with E-state index in [1.807, 2.05) is 41.3 Å². The molecule has 0 N–H and O–H groups in total. The maximum atomic E-state index is 13.2. The van der Waals surface area contributed by atoms with Crippen LogP contribution in [0.3, 0.4) is 0 Å². The number of carbonyl (C=O) groups is 1. The van der Waals surface area contributed by atoms with Crippen LogP contribution in [0.5, 0.6) is 5.75 Å². The van der Waals surface area contributed by atoms with Crippen molar-refractivity contribution in [2.75, 3.05) is 18.1 Å². The summed E-state index contributed by atoms with van der Waals surface area (Å²) in [4.78, 5) is 20.1. The van der Waals surface area contributed by atoms with E-state index in [0.717, 1.165) is 39.4 Å². The molecule has 1 fully saturated rings. The highest BCUT2D eigenvalue weighted by Gasteiger charge is 2.35. The number of imidazole rings is 1. The summed E-state index contributed by atoms with van der Waals surface area (Å²) < 4.78 is 8.37. The molecule has 0 aliphatic carbocycles. The van der Waals surface area contributed by atoms with Gasteiger partial charge in [0, 0.05) is 24.6 Å². The number of hydrogen-bond donors (Lipinski definition) is 0. The number of nitrogens with zero attached hydrogens (tertiary/aromatic N) is 3. The summed E-state index contributed by atoms with van der Waals surface area (Å²) in [5.41, 5.74) is 6.74. The molecule has 1 atom stereocenters. The number of aryl methyl sites for hydroxylation is 2. The molecule has 0 spiro atoms. The third-order valence-electron chi connectivity index (χ3n) is 7.19. The standard InChI is InChI=1S/C31H35N3O2/c1-21-9-8-10-22(2)29(21)34-20-23(19-28(34)35)30-32-26-11-6-7-12-27(26)33(30)17-18-36-25-15-13-24(14-16-25)31(3,4)5/h6-16,23H,17-20H2,1-5H3. The first kappa shape index (κ1) is 24.1. The Labute approximate surface area is 213 Å². The van der Waals surface area contributed by atoms with Crippen LogP contribution < -0.4 is 9.64 Å². The maximum Gasteiger partial charge on any atom is 0.227 e. The van der Waals surface area contributed by atoms with E-state index in [1.165, 1.54) is 5.56 Å². The van der Waals surface area contributed by atoms with Crippen LogP contribution in [0.15, 0.2) is 66.7 Å². The van der Waals surface area contributed by atoms with Gasteiger partial charge in [-0.1, -0.05) is 63.2 Å². The van der Waals surface area contributed by atoms with Gasteiger partial charge in [0.25, 0.3) is 0 Å². The first-order chi connectivity index (χ1) is 17.2. The van der Waals surface area contributed by atoms with Gasteiger partial charge in [-0.05, 0) is 60.2 Å². The molecule has 1 saturated heterocycles. The highest BCUT2D eigenvalue weighted by atomic mass is 16.5. The Bertz CT molecular complexity index is 1380. The van der Waals surface area contributed by atoms with Crippen LogP contribution in [0.1, 0.15) is 55.6 Å². The highest BCUT2D eigenvalue weighted by molar-refractivity contribution is 5.98. The molecule has 2 heterocycles. The number of ether oxygens (including phenoxy) is 1. The molecule has 4 aromatic rings. The fourth-order valence-corrected chi connectivity index (χ4v) is 5.27. The van der Waals surface area contributed by atoms with Crippen molar-refractivity contribution < 1.29 is 9.53 Å². The SMILES string of the molecule is Cc1cccc(C)c1N1CC(c2nc3ccccc3n2CCOc2ccc(C(C)(C)C)cc2)CC1=O. The minimum Gasteiger partial charge on any atom is -0.492 e. The lowest BCUT2D eigenvalue weighted by Crippen LogP contribution is -2.26. The average Bonchev–Trinajstić information content (AvgIpc) is 3.39. The molecular weight excluding hydrogens is 446 g/mol. The average molecular weight is 482 g/mol. The zero-order valence-electron chi connectivity index (χ0n) is 21.9. The predicted octanol–water partition coefficient (Wildman–Crippen LogP) is 6.55. The number of amides is 1. The molecule has 5 heteroatoms. The third kappa shape index (κ3) is 4.62. The van der Waals surface area contributed by atoms with Crippen molar-refractivity contribution in [3.05, 3.63) is 89.2 Å². The van der Waals surface area contributed by atoms with Crippen LogP contribution in [-0.4, -0.2) is 28.6 Å². The molecule has 0 bridgehead atoms. The zero-order valence-corrected chi connectivity index (χ0v) is 21.9. The summed E-state index contributed by atoms with van der Waals surface area (Å²) in [6.45, 7) is 12.6. The molecule has 186 valence electrons. The summed E-state index contributed by atoms with van der Waals surface area (Å²) in [6.07, 6.45) is 0.465. The monoisotopic (exact) mass is 481 g/mol. The van der Waals surface area contributed by atoms with Crippen LogP contribution in [-0.2, 0) is 16.8 Å². The van der Waals surface area contributed by atoms with Gasteiger partial charge in [0.05, 0.1) is 17.6 Å². The van der Waals surface area contributed by atoms with Gasteiger partial charge in [0.2, 0.25) is 5.91 Å². The second-order valence-electron chi connectivity index (χ2n) is 10.9.